The van der Waals surface area contributed by atoms with Gasteiger partial charge in [0.1, 0.15) is 6.10 Å². The highest BCUT2D eigenvalue weighted by molar-refractivity contribution is 6.19. The van der Waals surface area contributed by atoms with E-state index >= 15 is 0 Å². The summed E-state index contributed by atoms with van der Waals surface area (Å²) in [5.74, 6) is 0.0228. The fourth-order valence-electron chi connectivity index (χ4n) is 2.32. The molecule has 0 aromatic carbocycles. The first-order valence-corrected chi connectivity index (χ1v) is 7.72. The maximum absolute atomic E-state index is 12.7. The molecule has 1 atom stereocenters. The molecule has 0 saturated carbocycles. The number of rotatable bonds is 4. The lowest BCUT2D eigenvalue weighted by Gasteiger charge is -2.27. The summed E-state index contributed by atoms with van der Waals surface area (Å²) in [6, 6.07) is 1.76. The zero-order valence-corrected chi connectivity index (χ0v) is 13.6. The molecule has 1 aliphatic rings. The zero-order valence-electron chi connectivity index (χ0n) is 12.9. The molecule has 128 valence electrons. The SMILES string of the molecule is CC(C)(CCl)C(=O)N1CCC(Oc2cc(C(F)(F)F)ccn2)C1. The van der Waals surface area contributed by atoms with Crippen molar-refractivity contribution in [2.45, 2.75) is 32.5 Å². The molecule has 0 N–H and O–H groups in total. The summed E-state index contributed by atoms with van der Waals surface area (Å²) in [7, 11) is 0. The minimum atomic E-state index is -4.44. The standard InChI is InChI=1S/C15H18ClF3N2O2/c1-14(2,9-16)13(22)21-6-4-11(8-21)23-12-7-10(3-5-20-12)15(17,18)19/h3,5,7,11H,4,6,8-9H2,1-2H3. The molecule has 1 unspecified atom stereocenters. The van der Waals surface area contributed by atoms with Gasteiger partial charge < -0.3 is 9.64 Å². The Morgan fingerprint density at radius 1 is 1.48 bits per heavy atom. The van der Waals surface area contributed by atoms with Crippen molar-refractivity contribution in [3.05, 3.63) is 23.9 Å². The predicted molar refractivity (Wildman–Crippen MR) is 79.4 cm³/mol. The van der Waals surface area contributed by atoms with Crippen molar-refractivity contribution in [1.82, 2.24) is 9.88 Å². The van der Waals surface area contributed by atoms with E-state index in [9.17, 15) is 18.0 Å². The van der Waals surface area contributed by atoms with Crippen molar-refractivity contribution in [1.29, 1.82) is 0 Å². The number of amides is 1. The van der Waals surface area contributed by atoms with E-state index < -0.39 is 17.2 Å². The van der Waals surface area contributed by atoms with Gasteiger partial charge in [0.05, 0.1) is 17.5 Å². The molecule has 0 radical (unpaired) electrons. The largest absolute Gasteiger partial charge is 0.472 e. The van der Waals surface area contributed by atoms with E-state index in [0.29, 0.717) is 19.5 Å². The number of carbonyl (C=O) groups is 1. The van der Waals surface area contributed by atoms with E-state index in [0.717, 1.165) is 18.3 Å². The molecule has 0 aliphatic carbocycles. The Labute approximate surface area is 137 Å². The van der Waals surface area contributed by atoms with E-state index in [1.807, 2.05) is 0 Å². The minimum Gasteiger partial charge on any atom is -0.472 e. The van der Waals surface area contributed by atoms with Crippen LogP contribution >= 0.6 is 11.6 Å². The average molecular weight is 351 g/mol. The highest BCUT2D eigenvalue weighted by atomic mass is 35.5. The van der Waals surface area contributed by atoms with Gasteiger partial charge in [0.25, 0.3) is 0 Å². The van der Waals surface area contributed by atoms with Crippen LogP contribution in [0.4, 0.5) is 13.2 Å². The van der Waals surface area contributed by atoms with Crippen LogP contribution in [0.5, 0.6) is 5.88 Å². The first-order chi connectivity index (χ1) is 10.6. The van der Waals surface area contributed by atoms with Gasteiger partial charge >= 0.3 is 6.18 Å². The van der Waals surface area contributed by atoms with Gasteiger partial charge in [-0.05, 0) is 19.9 Å². The number of ether oxygens (including phenoxy) is 1. The molecule has 1 aliphatic heterocycles. The Kier molecular flexibility index (Phi) is 5.08. The molecule has 1 amide bonds. The van der Waals surface area contributed by atoms with E-state index in [2.05, 4.69) is 4.98 Å². The number of carbonyl (C=O) groups excluding carboxylic acids is 1. The quantitative estimate of drug-likeness (QED) is 0.782. The summed E-state index contributed by atoms with van der Waals surface area (Å²) in [5.41, 5.74) is -1.48. The Balaban J connectivity index is 2.00. The molecule has 4 nitrogen and oxygen atoms in total. The number of alkyl halides is 4. The van der Waals surface area contributed by atoms with Gasteiger partial charge in [-0.2, -0.15) is 13.2 Å². The molecule has 1 aromatic rings. The van der Waals surface area contributed by atoms with Crippen LogP contribution in [-0.4, -0.2) is 40.9 Å². The van der Waals surface area contributed by atoms with Crippen LogP contribution in [0.2, 0.25) is 0 Å². The molecular formula is C15H18ClF3N2O2. The van der Waals surface area contributed by atoms with Crippen molar-refractivity contribution in [3.63, 3.8) is 0 Å². The monoisotopic (exact) mass is 350 g/mol. The van der Waals surface area contributed by atoms with Crippen molar-refractivity contribution < 1.29 is 22.7 Å². The summed E-state index contributed by atoms with van der Waals surface area (Å²) >= 11 is 5.80. The number of likely N-dealkylation sites (tertiary alicyclic amines) is 1. The van der Waals surface area contributed by atoms with E-state index in [1.165, 1.54) is 0 Å². The molecular weight excluding hydrogens is 333 g/mol. The van der Waals surface area contributed by atoms with E-state index in [4.69, 9.17) is 16.3 Å². The normalized spacial score (nSPS) is 19.0. The first kappa shape index (κ1) is 17.8. The minimum absolute atomic E-state index is 0.0873. The predicted octanol–water partition coefficient (Wildman–Crippen LogP) is 3.35. The van der Waals surface area contributed by atoms with Crippen LogP contribution in [0.15, 0.2) is 18.3 Å². The van der Waals surface area contributed by atoms with Gasteiger partial charge in [0.15, 0.2) is 0 Å². The van der Waals surface area contributed by atoms with Crippen LogP contribution in [0.25, 0.3) is 0 Å². The topological polar surface area (TPSA) is 42.4 Å². The van der Waals surface area contributed by atoms with Gasteiger partial charge in [-0.1, -0.05) is 0 Å². The molecule has 2 rings (SSSR count). The zero-order chi connectivity index (χ0) is 17.3. The van der Waals surface area contributed by atoms with Crippen LogP contribution in [0, 0.1) is 5.41 Å². The average Bonchev–Trinajstić information content (AvgIpc) is 2.94. The van der Waals surface area contributed by atoms with Crippen molar-refractivity contribution in [2.75, 3.05) is 19.0 Å². The van der Waals surface area contributed by atoms with E-state index in [-0.39, 0.29) is 23.8 Å². The van der Waals surface area contributed by atoms with Crippen LogP contribution in [-0.2, 0) is 11.0 Å². The summed E-state index contributed by atoms with van der Waals surface area (Å²) in [6.07, 6.45) is -3.21. The van der Waals surface area contributed by atoms with E-state index in [1.54, 1.807) is 18.7 Å². The van der Waals surface area contributed by atoms with Crippen molar-refractivity contribution >= 4 is 17.5 Å². The highest BCUT2D eigenvalue weighted by Crippen LogP contribution is 2.31. The summed E-state index contributed by atoms with van der Waals surface area (Å²) in [5, 5.41) is 0. The lowest BCUT2D eigenvalue weighted by molar-refractivity contribution is -0.138. The number of hydrogen-bond donors (Lipinski definition) is 0. The van der Waals surface area contributed by atoms with Crippen LogP contribution < -0.4 is 4.74 Å². The third-order valence-electron chi connectivity index (χ3n) is 3.69. The molecule has 0 spiro atoms. The van der Waals surface area contributed by atoms with Crippen molar-refractivity contribution in [3.8, 4) is 5.88 Å². The lowest BCUT2D eigenvalue weighted by Crippen LogP contribution is -2.41. The van der Waals surface area contributed by atoms with Gasteiger partial charge in [0, 0.05) is 31.1 Å². The number of halogens is 4. The van der Waals surface area contributed by atoms with Gasteiger partial charge in [0.2, 0.25) is 11.8 Å². The smallest absolute Gasteiger partial charge is 0.416 e. The van der Waals surface area contributed by atoms with Gasteiger partial charge in [-0.15, -0.1) is 11.6 Å². The Morgan fingerprint density at radius 3 is 2.78 bits per heavy atom. The Morgan fingerprint density at radius 2 is 2.17 bits per heavy atom. The molecule has 1 saturated heterocycles. The molecule has 1 fully saturated rings. The Bertz CT molecular complexity index is 578. The summed E-state index contributed by atoms with van der Waals surface area (Å²) < 4.78 is 43.5. The molecule has 23 heavy (non-hydrogen) atoms. The first-order valence-electron chi connectivity index (χ1n) is 7.19. The van der Waals surface area contributed by atoms with Gasteiger partial charge in [-0.3, -0.25) is 4.79 Å². The number of aromatic nitrogens is 1. The van der Waals surface area contributed by atoms with Crippen LogP contribution in [0.1, 0.15) is 25.8 Å². The van der Waals surface area contributed by atoms with Crippen LogP contribution in [0.3, 0.4) is 0 Å². The second-order valence-electron chi connectivity index (χ2n) is 6.18. The third-order valence-corrected chi connectivity index (χ3v) is 4.36. The number of pyridine rings is 1. The van der Waals surface area contributed by atoms with Gasteiger partial charge in [-0.25, -0.2) is 4.98 Å². The number of hydrogen-bond acceptors (Lipinski definition) is 3. The van der Waals surface area contributed by atoms with Crippen molar-refractivity contribution in [2.24, 2.45) is 5.41 Å². The second kappa shape index (κ2) is 6.55. The Hall–Kier alpha value is -1.50. The third kappa shape index (κ3) is 4.28. The fourth-order valence-corrected chi connectivity index (χ4v) is 2.43. The maximum atomic E-state index is 12.7. The number of nitrogens with zero attached hydrogens (tertiary/aromatic N) is 2. The molecule has 0 bridgehead atoms. The summed E-state index contributed by atoms with van der Waals surface area (Å²) in [4.78, 5) is 17.7. The lowest BCUT2D eigenvalue weighted by atomic mass is 9.94. The molecule has 2 heterocycles. The highest BCUT2D eigenvalue weighted by Gasteiger charge is 2.36. The molecule has 1 aromatic heterocycles. The fraction of sp³-hybridized carbons (Fsp3) is 0.600. The summed E-state index contributed by atoms with van der Waals surface area (Å²) in [6.45, 7) is 4.32. The second-order valence-corrected chi connectivity index (χ2v) is 6.44. The maximum Gasteiger partial charge on any atom is 0.416 e. The molecule has 8 heteroatoms.